The van der Waals surface area contributed by atoms with Crippen LogP contribution in [0.1, 0.15) is 55.0 Å². The molecule has 3 rings (SSSR count). The van der Waals surface area contributed by atoms with E-state index in [1.165, 1.54) is 19.1 Å². The van der Waals surface area contributed by atoms with Gasteiger partial charge in [-0.25, -0.2) is 4.39 Å². The second-order valence-corrected chi connectivity index (χ2v) is 6.31. The van der Waals surface area contributed by atoms with Crippen molar-refractivity contribution >= 4 is 5.78 Å². The Morgan fingerprint density at radius 2 is 2.04 bits per heavy atom. The number of benzene rings is 2. The van der Waals surface area contributed by atoms with Crippen LogP contribution in [0.4, 0.5) is 4.39 Å². The van der Waals surface area contributed by atoms with Gasteiger partial charge in [0, 0.05) is 13.8 Å². The lowest BCUT2D eigenvalue weighted by Gasteiger charge is -2.31. The van der Waals surface area contributed by atoms with E-state index in [4.69, 9.17) is 13.0 Å². The summed E-state index contributed by atoms with van der Waals surface area (Å²) in [5.41, 5.74) is 1.86. The summed E-state index contributed by atoms with van der Waals surface area (Å²) >= 11 is 0. The van der Waals surface area contributed by atoms with Crippen molar-refractivity contribution in [3.05, 3.63) is 70.5 Å². The third-order valence-electron chi connectivity index (χ3n) is 4.64. The molecule has 0 aromatic heterocycles. The molecule has 25 heavy (non-hydrogen) atoms. The molecule has 0 bridgehead atoms. The number of carbonyl (C=O) groups is 1. The first-order chi connectivity index (χ1) is 14.3. The molecule has 0 N–H and O–H groups in total. The van der Waals surface area contributed by atoms with Crippen molar-refractivity contribution in [2.75, 3.05) is 20.5 Å². The van der Waals surface area contributed by atoms with Gasteiger partial charge in [0.15, 0.2) is 5.78 Å². The van der Waals surface area contributed by atoms with Crippen molar-refractivity contribution in [3.63, 3.8) is 0 Å². The van der Waals surface area contributed by atoms with Crippen LogP contribution in [0.5, 0.6) is 0 Å². The van der Waals surface area contributed by atoms with Gasteiger partial charge in [-0.1, -0.05) is 24.3 Å². The molecule has 2 aromatic carbocycles. The van der Waals surface area contributed by atoms with E-state index >= 15 is 0 Å². The topological polar surface area (TPSA) is 29.5 Å². The highest BCUT2D eigenvalue weighted by atomic mass is 19.1. The van der Waals surface area contributed by atoms with Crippen LogP contribution in [-0.2, 0) is 16.9 Å². The molecular formula is C21H24FNO2. The summed E-state index contributed by atoms with van der Waals surface area (Å²) in [4.78, 5) is 12.3. The Kier molecular flexibility index (Phi) is 3.26. The Bertz CT molecular complexity index is 944. The number of halogens is 1. The number of ether oxygens (including phenoxy) is 1. The number of fused-ring (bicyclic) bond motifs is 1. The minimum atomic E-state index is -2.76. The molecule has 1 aliphatic heterocycles. The van der Waals surface area contributed by atoms with Crippen LogP contribution < -0.4 is 0 Å². The van der Waals surface area contributed by atoms with Crippen molar-refractivity contribution in [1.82, 2.24) is 4.90 Å². The first-order valence-corrected chi connectivity index (χ1v) is 8.17. The van der Waals surface area contributed by atoms with Gasteiger partial charge in [-0.2, -0.15) is 0 Å². The number of Topliss-reactive ketones (excluding diaryl/α,β-unsaturated/α-hetero) is 1. The summed E-state index contributed by atoms with van der Waals surface area (Å²) in [5.74, 6) is -0.479. The Balaban J connectivity index is 1.95. The molecule has 3 nitrogen and oxygen atoms in total. The van der Waals surface area contributed by atoms with Crippen LogP contribution in [0.3, 0.4) is 0 Å². The van der Waals surface area contributed by atoms with E-state index in [2.05, 4.69) is 0 Å². The molecule has 0 amide bonds. The predicted octanol–water partition coefficient (Wildman–Crippen LogP) is 4.14. The number of hydrogen-bond acceptors (Lipinski definition) is 3. The second-order valence-electron chi connectivity index (χ2n) is 6.31. The fourth-order valence-corrected chi connectivity index (χ4v) is 3.40. The van der Waals surface area contributed by atoms with E-state index in [1.54, 1.807) is 30.3 Å². The van der Waals surface area contributed by atoms with Crippen LogP contribution in [0.25, 0.3) is 0 Å². The van der Waals surface area contributed by atoms with Crippen molar-refractivity contribution in [1.29, 1.82) is 0 Å². The molecule has 1 unspecified atom stereocenters. The summed E-state index contributed by atoms with van der Waals surface area (Å²) < 4.78 is 65.0. The number of rotatable bonds is 6. The van der Waals surface area contributed by atoms with E-state index in [0.717, 1.165) is 11.1 Å². The summed E-state index contributed by atoms with van der Waals surface area (Å²) in [6, 6.07) is 11.1. The Hall–Kier alpha value is -2.04. The zero-order valence-electron chi connectivity index (χ0n) is 20.0. The molecule has 2 aromatic rings. The van der Waals surface area contributed by atoms with Gasteiger partial charge >= 0.3 is 0 Å². The zero-order valence-corrected chi connectivity index (χ0v) is 14.0. The molecule has 1 atom stereocenters. The van der Waals surface area contributed by atoms with E-state index in [9.17, 15) is 9.18 Å². The van der Waals surface area contributed by atoms with Crippen molar-refractivity contribution in [2.24, 2.45) is 0 Å². The molecule has 1 aliphatic rings. The minimum absolute atomic E-state index is 0.0759. The molecule has 0 radical (unpaired) electrons. The van der Waals surface area contributed by atoms with Gasteiger partial charge in [-0.3, -0.25) is 4.79 Å². The Morgan fingerprint density at radius 3 is 2.72 bits per heavy atom. The largest absolute Gasteiger partial charge is 0.361 e. The first-order valence-electron chi connectivity index (χ1n) is 11.2. The SMILES string of the molecule is [2H]C([2H])([2H])N(CCCC1(c2ccc(F)cc2)OCc2cc(C(C)=O)ccc21)C([2H])([2H])[2H]. The minimum Gasteiger partial charge on any atom is -0.361 e. The fourth-order valence-electron chi connectivity index (χ4n) is 3.40. The van der Waals surface area contributed by atoms with Gasteiger partial charge in [-0.05, 0) is 75.2 Å². The zero-order chi connectivity index (χ0) is 23.0. The van der Waals surface area contributed by atoms with E-state index in [0.29, 0.717) is 16.0 Å². The van der Waals surface area contributed by atoms with Gasteiger partial charge < -0.3 is 9.64 Å². The molecule has 1 heterocycles. The van der Waals surface area contributed by atoms with Crippen molar-refractivity contribution < 1.29 is 22.1 Å². The van der Waals surface area contributed by atoms with Gasteiger partial charge in [0.25, 0.3) is 0 Å². The predicted molar refractivity (Wildman–Crippen MR) is 96.2 cm³/mol. The third kappa shape index (κ3) is 3.51. The molecule has 0 spiro atoms. The monoisotopic (exact) mass is 347 g/mol. The summed E-state index contributed by atoms with van der Waals surface area (Å²) in [5, 5.41) is 0. The third-order valence-corrected chi connectivity index (χ3v) is 4.64. The highest BCUT2D eigenvalue weighted by Crippen LogP contribution is 2.45. The summed E-state index contributed by atoms with van der Waals surface area (Å²) in [6.07, 6.45) is 0.496. The molecule has 0 fully saturated rings. The fraction of sp³-hybridized carbons (Fsp3) is 0.381. The van der Waals surface area contributed by atoms with Crippen molar-refractivity contribution in [2.45, 2.75) is 32.0 Å². The van der Waals surface area contributed by atoms with Crippen LogP contribution in [0, 0.1) is 5.82 Å². The number of ketones is 1. The molecule has 4 heteroatoms. The lowest BCUT2D eigenvalue weighted by atomic mass is 9.81. The van der Waals surface area contributed by atoms with Crippen LogP contribution >= 0.6 is 0 Å². The standard InChI is InChI=1S/C21H24FNO2/c1-15(24)16-5-10-20-17(13-16)14-25-21(20,11-4-12-23(2)3)18-6-8-19(22)9-7-18/h5-10,13H,4,11-12,14H2,1-3H3/i2D3,3D3. The maximum atomic E-state index is 13.5. The highest BCUT2D eigenvalue weighted by Gasteiger charge is 2.41. The second kappa shape index (κ2) is 7.06. The molecular weight excluding hydrogens is 317 g/mol. The lowest BCUT2D eigenvalue weighted by Crippen LogP contribution is -2.28. The number of carbonyl (C=O) groups excluding carboxylic acids is 1. The normalized spacial score (nSPS) is 23.8. The number of hydrogen-bond donors (Lipinski definition) is 0. The first kappa shape index (κ1) is 11.6. The van der Waals surface area contributed by atoms with Gasteiger partial charge in [0.2, 0.25) is 0 Å². The van der Waals surface area contributed by atoms with E-state index in [-0.39, 0.29) is 31.8 Å². The van der Waals surface area contributed by atoms with Crippen molar-refractivity contribution in [3.8, 4) is 0 Å². The quantitative estimate of drug-likeness (QED) is 0.736. The smallest absolute Gasteiger partial charge is 0.159 e. The van der Waals surface area contributed by atoms with Crippen LogP contribution in [-0.4, -0.2) is 31.2 Å². The lowest BCUT2D eigenvalue weighted by molar-refractivity contribution is -0.0140. The highest BCUT2D eigenvalue weighted by molar-refractivity contribution is 5.94. The molecule has 0 saturated carbocycles. The van der Waals surface area contributed by atoms with Gasteiger partial charge in [0.05, 0.1) is 6.61 Å². The Morgan fingerprint density at radius 1 is 1.28 bits per heavy atom. The van der Waals surface area contributed by atoms with Gasteiger partial charge in [-0.15, -0.1) is 0 Å². The number of nitrogens with zero attached hydrogens (tertiary/aromatic N) is 1. The average molecular weight is 347 g/mol. The van der Waals surface area contributed by atoms with E-state index in [1.807, 2.05) is 0 Å². The summed E-state index contributed by atoms with van der Waals surface area (Å²) in [6.45, 7) is -4.02. The van der Waals surface area contributed by atoms with Crippen LogP contribution in [0.15, 0.2) is 42.5 Å². The van der Waals surface area contributed by atoms with E-state index < -0.39 is 25.4 Å². The molecule has 0 saturated heterocycles. The Labute approximate surface area is 156 Å². The molecule has 0 aliphatic carbocycles. The summed E-state index contributed by atoms with van der Waals surface area (Å²) in [7, 11) is 0. The average Bonchev–Trinajstić information content (AvgIpc) is 3.03. The maximum Gasteiger partial charge on any atom is 0.159 e. The van der Waals surface area contributed by atoms with Crippen LogP contribution in [0.2, 0.25) is 0 Å². The maximum absolute atomic E-state index is 13.5. The van der Waals surface area contributed by atoms with Gasteiger partial charge in [0.1, 0.15) is 11.4 Å². The molecule has 132 valence electrons.